The van der Waals surface area contributed by atoms with Crippen molar-refractivity contribution in [2.24, 2.45) is 0 Å². The number of benzene rings is 1. The minimum Gasteiger partial charge on any atom is -0.347 e. The molecule has 0 bridgehead atoms. The molecule has 0 aliphatic rings. The lowest BCUT2D eigenvalue weighted by atomic mass is 10.2. The highest BCUT2D eigenvalue weighted by Crippen LogP contribution is 2.25. The van der Waals surface area contributed by atoms with Gasteiger partial charge in [-0.05, 0) is 25.1 Å². The molecule has 1 rings (SSSR count). The summed E-state index contributed by atoms with van der Waals surface area (Å²) in [7, 11) is 0. The fourth-order valence-corrected chi connectivity index (χ4v) is 1.35. The molecule has 0 fully saturated rings. The van der Waals surface area contributed by atoms with Crippen molar-refractivity contribution < 1.29 is 9.59 Å². The second-order valence-corrected chi connectivity index (χ2v) is 3.96. The second kappa shape index (κ2) is 5.72. The molecular weight excluding hydrogens is 251 g/mol. The number of hydrogen-bond acceptors (Lipinski definition) is 2. The third-order valence-corrected chi connectivity index (χ3v) is 2.46. The Bertz CT molecular complexity index is 410. The molecule has 0 saturated carbocycles. The van der Waals surface area contributed by atoms with Crippen LogP contribution in [-0.2, 0) is 9.59 Å². The molecule has 0 radical (unpaired) electrons. The van der Waals surface area contributed by atoms with E-state index in [-0.39, 0.29) is 5.91 Å². The molecular formula is C10H10Cl2N2O2. The van der Waals surface area contributed by atoms with Crippen molar-refractivity contribution in [3.05, 3.63) is 28.2 Å². The van der Waals surface area contributed by atoms with Crippen molar-refractivity contribution >= 4 is 41.2 Å². The molecule has 6 heteroatoms. The van der Waals surface area contributed by atoms with Crippen molar-refractivity contribution in [3.63, 3.8) is 0 Å². The molecule has 1 aromatic rings. The summed E-state index contributed by atoms with van der Waals surface area (Å²) in [6, 6.07) is 4.10. The zero-order chi connectivity index (χ0) is 12.1. The second-order valence-electron chi connectivity index (χ2n) is 3.12. The molecule has 16 heavy (non-hydrogen) atoms. The Hall–Kier alpha value is -1.26. The maximum absolute atomic E-state index is 11.5. The van der Waals surface area contributed by atoms with E-state index in [4.69, 9.17) is 23.2 Å². The first kappa shape index (κ1) is 12.8. The molecule has 2 amide bonds. The van der Waals surface area contributed by atoms with E-state index in [0.29, 0.717) is 22.1 Å². The zero-order valence-corrected chi connectivity index (χ0v) is 9.97. The molecule has 0 saturated heterocycles. The van der Waals surface area contributed by atoms with Gasteiger partial charge in [-0.15, -0.1) is 0 Å². The van der Waals surface area contributed by atoms with Gasteiger partial charge in [0.05, 0.1) is 10.7 Å². The topological polar surface area (TPSA) is 58.2 Å². The fraction of sp³-hybridized carbons (Fsp3) is 0.200. The van der Waals surface area contributed by atoms with Gasteiger partial charge in [0.15, 0.2) is 0 Å². The van der Waals surface area contributed by atoms with Gasteiger partial charge in [-0.3, -0.25) is 9.59 Å². The Labute approximate surface area is 103 Å². The number of rotatable bonds is 4. The Balaban J connectivity index is 2.76. The molecule has 1 unspecified atom stereocenters. The standard InChI is InChI=1S/C10H10Cl2N2O2/c1-6(13-5-15)10(16)14-9-4-7(11)2-3-8(9)12/h2-6H,1H3,(H,13,15)(H,14,16). The van der Waals surface area contributed by atoms with E-state index in [0.717, 1.165) is 0 Å². The van der Waals surface area contributed by atoms with E-state index in [2.05, 4.69) is 10.6 Å². The predicted molar refractivity (Wildman–Crippen MR) is 63.8 cm³/mol. The van der Waals surface area contributed by atoms with Crippen LogP contribution in [0.1, 0.15) is 6.92 Å². The quantitative estimate of drug-likeness (QED) is 0.815. The minimum atomic E-state index is -0.632. The van der Waals surface area contributed by atoms with Crippen molar-refractivity contribution in [2.45, 2.75) is 13.0 Å². The lowest BCUT2D eigenvalue weighted by molar-refractivity contribution is -0.120. The molecule has 0 aliphatic carbocycles. The Morgan fingerprint density at radius 1 is 1.44 bits per heavy atom. The number of amides is 2. The van der Waals surface area contributed by atoms with Crippen LogP contribution in [0.3, 0.4) is 0 Å². The van der Waals surface area contributed by atoms with Crippen LogP contribution in [0, 0.1) is 0 Å². The smallest absolute Gasteiger partial charge is 0.246 e. The Kier molecular flexibility index (Phi) is 4.58. The summed E-state index contributed by atoms with van der Waals surface area (Å²) < 4.78 is 0. The summed E-state index contributed by atoms with van der Waals surface area (Å²) in [6.07, 6.45) is 0.462. The monoisotopic (exact) mass is 260 g/mol. The van der Waals surface area contributed by atoms with Crippen molar-refractivity contribution in [1.29, 1.82) is 0 Å². The summed E-state index contributed by atoms with van der Waals surface area (Å²) in [5.41, 5.74) is 0.415. The summed E-state index contributed by atoms with van der Waals surface area (Å²) in [6.45, 7) is 1.56. The van der Waals surface area contributed by atoms with Gasteiger partial charge in [0.1, 0.15) is 6.04 Å². The van der Waals surface area contributed by atoms with E-state index >= 15 is 0 Å². The predicted octanol–water partition coefficient (Wildman–Crippen LogP) is 2.07. The summed E-state index contributed by atoms with van der Waals surface area (Å²) in [5.74, 6) is -0.365. The minimum absolute atomic E-state index is 0.365. The largest absolute Gasteiger partial charge is 0.347 e. The first-order valence-corrected chi connectivity index (χ1v) is 5.26. The van der Waals surface area contributed by atoms with Crippen LogP contribution in [0.25, 0.3) is 0 Å². The van der Waals surface area contributed by atoms with Crippen molar-refractivity contribution in [3.8, 4) is 0 Å². The highest BCUT2D eigenvalue weighted by Gasteiger charge is 2.13. The molecule has 0 spiro atoms. The molecule has 4 nitrogen and oxygen atoms in total. The molecule has 0 aliphatic heterocycles. The maximum Gasteiger partial charge on any atom is 0.246 e. The molecule has 1 aromatic carbocycles. The normalized spacial score (nSPS) is 11.7. The molecule has 0 aromatic heterocycles. The average Bonchev–Trinajstić information content (AvgIpc) is 2.23. The van der Waals surface area contributed by atoms with Crippen molar-refractivity contribution in [1.82, 2.24) is 5.32 Å². The van der Waals surface area contributed by atoms with Crippen LogP contribution >= 0.6 is 23.2 Å². The first-order valence-electron chi connectivity index (χ1n) is 4.50. The number of carbonyl (C=O) groups excluding carboxylic acids is 2. The van der Waals surface area contributed by atoms with Gasteiger partial charge in [-0.25, -0.2) is 0 Å². The van der Waals surface area contributed by atoms with Gasteiger partial charge in [-0.1, -0.05) is 23.2 Å². The fourth-order valence-electron chi connectivity index (χ4n) is 1.01. The van der Waals surface area contributed by atoms with Gasteiger partial charge < -0.3 is 10.6 Å². The first-order chi connectivity index (χ1) is 7.54. The van der Waals surface area contributed by atoms with E-state index in [1.54, 1.807) is 19.1 Å². The maximum atomic E-state index is 11.5. The Morgan fingerprint density at radius 2 is 2.12 bits per heavy atom. The van der Waals surface area contributed by atoms with Gasteiger partial charge in [0.25, 0.3) is 0 Å². The lowest BCUT2D eigenvalue weighted by Crippen LogP contribution is -2.37. The van der Waals surface area contributed by atoms with Crippen LogP contribution in [0.15, 0.2) is 18.2 Å². The van der Waals surface area contributed by atoms with Gasteiger partial charge in [-0.2, -0.15) is 0 Å². The van der Waals surface area contributed by atoms with Gasteiger partial charge in [0.2, 0.25) is 12.3 Å². The Morgan fingerprint density at radius 3 is 2.75 bits per heavy atom. The van der Waals surface area contributed by atoms with Crippen LogP contribution < -0.4 is 10.6 Å². The van der Waals surface area contributed by atoms with E-state index in [9.17, 15) is 9.59 Å². The average molecular weight is 261 g/mol. The van der Waals surface area contributed by atoms with Crippen molar-refractivity contribution in [2.75, 3.05) is 5.32 Å². The number of nitrogens with one attached hydrogen (secondary N) is 2. The summed E-state index contributed by atoms with van der Waals surface area (Å²) in [4.78, 5) is 21.7. The summed E-state index contributed by atoms with van der Waals surface area (Å²) >= 11 is 11.6. The number of hydrogen-bond donors (Lipinski definition) is 2. The van der Waals surface area contributed by atoms with Gasteiger partial charge in [0, 0.05) is 5.02 Å². The van der Waals surface area contributed by atoms with Gasteiger partial charge >= 0.3 is 0 Å². The van der Waals surface area contributed by atoms with E-state index < -0.39 is 6.04 Å². The third kappa shape index (κ3) is 3.40. The molecule has 86 valence electrons. The van der Waals surface area contributed by atoms with E-state index in [1.165, 1.54) is 6.07 Å². The SMILES string of the molecule is CC(NC=O)C(=O)Nc1cc(Cl)ccc1Cl. The van der Waals surface area contributed by atoms with Crippen LogP contribution in [0.2, 0.25) is 10.0 Å². The highest BCUT2D eigenvalue weighted by atomic mass is 35.5. The van der Waals surface area contributed by atoms with Crippen LogP contribution in [-0.4, -0.2) is 18.4 Å². The molecule has 2 N–H and O–H groups in total. The lowest BCUT2D eigenvalue weighted by Gasteiger charge is -2.12. The number of carbonyl (C=O) groups is 2. The number of halogens is 2. The number of anilines is 1. The zero-order valence-electron chi connectivity index (χ0n) is 8.46. The third-order valence-electron chi connectivity index (χ3n) is 1.90. The summed E-state index contributed by atoms with van der Waals surface area (Å²) in [5, 5.41) is 5.74. The highest BCUT2D eigenvalue weighted by molar-refractivity contribution is 6.35. The molecule has 0 heterocycles. The van der Waals surface area contributed by atoms with Crippen LogP contribution in [0.5, 0.6) is 0 Å². The molecule has 1 atom stereocenters. The van der Waals surface area contributed by atoms with E-state index in [1.807, 2.05) is 0 Å². The van der Waals surface area contributed by atoms with Crippen LogP contribution in [0.4, 0.5) is 5.69 Å².